The zero-order valence-electron chi connectivity index (χ0n) is 21.9. The summed E-state index contributed by atoms with van der Waals surface area (Å²) in [5.41, 5.74) is -0.240. The number of H-pyrrole nitrogens is 1. The number of thiazole rings is 1. The SMILES string of the molecule is CCN1CCN(Cc2ccc(C(=O)Nc3ncc(C#Cc4cnc(/C=C\C(=N)OC)[nH]4)s3)cc2C(F)(F)F)CC1. The Hall–Kier alpha value is -3.99. The van der Waals surface area contributed by atoms with Gasteiger partial charge in [-0.2, -0.15) is 13.2 Å². The smallest absolute Gasteiger partial charge is 0.416 e. The Bertz CT molecular complexity index is 1440. The number of nitrogens with one attached hydrogen (secondary N) is 3. The number of likely N-dealkylation sites (N-methyl/N-ethyl adjacent to an activating group) is 1. The molecule has 13 heteroatoms. The van der Waals surface area contributed by atoms with Gasteiger partial charge in [0, 0.05) is 44.4 Å². The first kappa shape index (κ1) is 29.0. The number of imidazole rings is 1. The van der Waals surface area contributed by atoms with Gasteiger partial charge in [0.2, 0.25) is 5.90 Å². The molecular formula is C27H28F3N7O2S. The van der Waals surface area contributed by atoms with Gasteiger partial charge in [0.05, 0.1) is 29.9 Å². The second-order valence-corrected chi connectivity index (χ2v) is 9.93. The van der Waals surface area contributed by atoms with Crippen LogP contribution in [0.25, 0.3) is 6.08 Å². The van der Waals surface area contributed by atoms with Gasteiger partial charge in [0.15, 0.2) is 5.13 Å². The second-order valence-electron chi connectivity index (χ2n) is 8.90. The Morgan fingerprint density at radius 2 is 1.95 bits per heavy atom. The van der Waals surface area contributed by atoms with Crippen molar-refractivity contribution in [3.8, 4) is 11.8 Å². The number of alkyl halides is 3. The summed E-state index contributed by atoms with van der Waals surface area (Å²) in [6, 6.07) is 3.70. The lowest BCUT2D eigenvalue weighted by Crippen LogP contribution is -2.45. The summed E-state index contributed by atoms with van der Waals surface area (Å²) in [5.74, 6) is 5.58. The summed E-state index contributed by atoms with van der Waals surface area (Å²) >= 11 is 1.09. The Labute approximate surface area is 233 Å². The fraction of sp³-hybridized carbons (Fsp3) is 0.333. The van der Waals surface area contributed by atoms with Gasteiger partial charge in [-0.3, -0.25) is 20.4 Å². The summed E-state index contributed by atoms with van der Waals surface area (Å²) in [6.07, 6.45) is 1.41. The van der Waals surface area contributed by atoms with Crippen molar-refractivity contribution in [1.82, 2.24) is 24.8 Å². The van der Waals surface area contributed by atoms with Crippen LogP contribution in [0.4, 0.5) is 18.3 Å². The molecule has 4 rings (SSSR count). The second kappa shape index (κ2) is 12.9. The number of aromatic nitrogens is 3. The molecule has 40 heavy (non-hydrogen) atoms. The minimum Gasteiger partial charge on any atom is -0.481 e. The number of benzene rings is 1. The number of carbonyl (C=O) groups is 1. The lowest BCUT2D eigenvalue weighted by molar-refractivity contribution is -0.138. The molecule has 3 aromatic rings. The maximum Gasteiger partial charge on any atom is 0.416 e. The molecule has 3 heterocycles. The lowest BCUT2D eigenvalue weighted by Gasteiger charge is -2.34. The number of ether oxygens (including phenoxy) is 1. The molecule has 1 saturated heterocycles. The van der Waals surface area contributed by atoms with Crippen LogP contribution in [0.2, 0.25) is 0 Å². The van der Waals surface area contributed by atoms with Crippen molar-refractivity contribution in [2.45, 2.75) is 19.6 Å². The van der Waals surface area contributed by atoms with Crippen molar-refractivity contribution < 1.29 is 22.7 Å². The van der Waals surface area contributed by atoms with E-state index in [9.17, 15) is 18.0 Å². The van der Waals surface area contributed by atoms with Crippen LogP contribution < -0.4 is 5.32 Å². The van der Waals surface area contributed by atoms with Crippen molar-refractivity contribution in [3.63, 3.8) is 0 Å². The van der Waals surface area contributed by atoms with Gasteiger partial charge in [-0.15, -0.1) is 0 Å². The number of hydrogen-bond acceptors (Lipinski definition) is 8. The highest BCUT2D eigenvalue weighted by Crippen LogP contribution is 2.34. The molecule has 1 aromatic carbocycles. The van der Waals surface area contributed by atoms with E-state index in [0.29, 0.717) is 29.5 Å². The van der Waals surface area contributed by atoms with Gasteiger partial charge in [-0.05, 0) is 42.2 Å². The molecule has 0 radical (unpaired) electrons. The number of carbonyl (C=O) groups excluding carboxylic acids is 1. The maximum atomic E-state index is 13.9. The summed E-state index contributed by atoms with van der Waals surface area (Å²) in [7, 11) is 1.39. The van der Waals surface area contributed by atoms with Crippen LogP contribution in [0.3, 0.4) is 0 Å². The van der Waals surface area contributed by atoms with Crippen LogP contribution in [0.5, 0.6) is 0 Å². The van der Waals surface area contributed by atoms with Crippen molar-refractivity contribution in [2.24, 2.45) is 0 Å². The number of piperazine rings is 1. The Morgan fingerprint density at radius 3 is 2.65 bits per heavy atom. The van der Waals surface area contributed by atoms with Gasteiger partial charge < -0.3 is 14.6 Å². The molecule has 0 spiro atoms. The van der Waals surface area contributed by atoms with Gasteiger partial charge in [0.1, 0.15) is 11.5 Å². The van der Waals surface area contributed by atoms with E-state index < -0.39 is 17.6 Å². The molecule has 0 atom stereocenters. The largest absolute Gasteiger partial charge is 0.481 e. The fourth-order valence-electron chi connectivity index (χ4n) is 4.02. The van der Waals surface area contributed by atoms with Crippen LogP contribution in [-0.2, 0) is 17.5 Å². The van der Waals surface area contributed by atoms with Crippen molar-refractivity contribution >= 4 is 34.3 Å². The van der Waals surface area contributed by atoms with E-state index in [1.165, 1.54) is 37.7 Å². The molecule has 9 nitrogen and oxygen atoms in total. The number of amides is 1. The van der Waals surface area contributed by atoms with E-state index in [4.69, 9.17) is 10.1 Å². The standard InChI is InChI=1S/C27H28F3N7O2S/c1-3-36-10-12-37(13-11-36)17-19-5-4-18(14-22(19)27(28,29)30)25(38)35-26-33-16-21(40-26)7-6-20-15-32-24(34-20)9-8-23(31)39-2/h4-5,8-9,14-16,31H,3,10-13,17H2,1-2H3,(H,32,34)(H,33,35,38)/b9-8-,31-23?. The third-order valence-corrected chi connectivity index (χ3v) is 7.07. The first-order valence-electron chi connectivity index (χ1n) is 12.4. The Morgan fingerprint density at radius 1 is 1.20 bits per heavy atom. The minimum atomic E-state index is -4.59. The Balaban J connectivity index is 1.41. The number of rotatable bonds is 7. The quantitative estimate of drug-likeness (QED) is 0.222. The fourth-order valence-corrected chi connectivity index (χ4v) is 4.68. The monoisotopic (exact) mass is 571 g/mol. The van der Waals surface area contributed by atoms with E-state index in [0.717, 1.165) is 37.0 Å². The van der Waals surface area contributed by atoms with Crippen LogP contribution >= 0.6 is 11.3 Å². The predicted molar refractivity (Wildman–Crippen MR) is 147 cm³/mol. The average Bonchev–Trinajstić information content (AvgIpc) is 3.59. The van der Waals surface area contributed by atoms with Gasteiger partial charge >= 0.3 is 6.18 Å². The first-order valence-corrected chi connectivity index (χ1v) is 13.3. The normalized spacial score (nSPS) is 14.6. The van der Waals surface area contributed by atoms with E-state index in [-0.39, 0.29) is 28.7 Å². The molecule has 0 aliphatic carbocycles. The van der Waals surface area contributed by atoms with Crippen LogP contribution in [0, 0.1) is 17.3 Å². The molecule has 210 valence electrons. The van der Waals surface area contributed by atoms with Crippen molar-refractivity contribution in [3.05, 3.63) is 69.8 Å². The highest BCUT2D eigenvalue weighted by Gasteiger charge is 2.34. The van der Waals surface area contributed by atoms with Gasteiger partial charge in [-0.25, -0.2) is 9.97 Å². The van der Waals surface area contributed by atoms with Crippen LogP contribution in [0.15, 0.2) is 36.7 Å². The highest BCUT2D eigenvalue weighted by atomic mass is 32.1. The Kier molecular flexibility index (Phi) is 9.36. The number of anilines is 1. The summed E-state index contributed by atoms with van der Waals surface area (Å²) in [4.78, 5) is 28.8. The number of hydrogen-bond donors (Lipinski definition) is 3. The first-order chi connectivity index (χ1) is 19.1. The third kappa shape index (κ3) is 7.78. The van der Waals surface area contributed by atoms with Crippen LogP contribution in [0.1, 0.15) is 44.8 Å². The number of methoxy groups -OCH3 is 1. The minimum absolute atomic E-state index is 0.0186. The molecule has 0 unspecified atom stereocenters. The zero-order valence-corrected chi connectivity index (χ0v) is 22.7. The maximum absolute atomic E-state index is 13.9. The van der Waals surface area contributed by atoms with E-state index in [1.807, 2.05) is 4.90 Å². The van der Waals surface area contributed by atoms with E-state index in [2.05, 4.69) is 43.9 Å². The average molecular weight is 572 g/mol. The van der Waals surface area contributed by atoms with Crippen molar-refractivity contribution in [1.29, 1.82) is 5.41 Å². The summed E-state index contributed by atoms with van der Waals surface area (Å²) in [5, 5.41) is 10.2. The van der Waals surface area contributed by atoms with Crippen LogP contribution in [-0.4, -0.2) is 76.4 Å². The molecule has 1 aliphatic rings. The number of nitrogens with zero attached hydrogens (tertiary/aromatic N) is 4. The number of aromatic amines is 1. The topological polar surface area (TPSA) is 110 Å². The molecule has 1 aliphatic heterocycles. The molecule has 0 bridgehead atoms. The lowest BCUT2D eigenvalue weighted by atomic mass is 10.0. The summed E-state index contributed by atoms with van der Waals surface area (Å²) in [6.45, 7) is 6.19. The molecular weight excluding hydrogens is 543 g/mol. The van der Waals surface area contributed by atoms with E-state index in [1.54, 1.807) is 6.08 Å². The third-order valence-electron chi connectivity index (χ3n) is 6.24. The molecule has 3 N–H and O–H groups in total. The molecule has 1 amide bonds. The van der Waals surface area contributed by atoms with Crippen molar-refractivity contribution in [2.75, 3.05) is 45.2 Å². The molecule has 1 fully saturated rings. The summed E-state index contributed by atoms with van der Waals surface area (Å²) < 4.78 is 46.5. The highest BCUT2D eigenvalue weighted by molar-refractivity contribution is 7.16. The van der Waals surface area contributed by atoms with E-state index >= 15 is 0 Å². The molecule has 0 saturated carbocycles. The van der Waals surface area contributed by atoms with Gasteiger partial charge in [0.25, 0.3) is 5.91 Å². The zero-order chi connectivity index (χ0) is 28.7. The van der Waals surface area contributed by atoms with Gasteiger partial charge in [-0.1, -0.05) is 24.3 Å². The number of halogens is 3. The molecule has 2 aromatic heterocycles. The predicted octanol–water partition coefficient (Wildman–Crippen LogP) is 4.31.